The number of benzene rings is 1. The van der Waals surface area contributed by atoms with Crippen LogP contribution in [0.4, 0.5) is 0 Å². The summed E-state index contributed by atoms with van der Waals surface area (Å²) < 4.78 is 0. The number of hydroxylamine groups is 1. The lowest BCUT2D eigenvalue weighted by Crippen LogP contribution is -2.23. The van der Waals surface area contributed by atoms with Gasteiger partial charge in [-0.3, -0.25) is 9.63 Å². The van der Waals surface area contributed by atoms with Crippen LogP contribution in [0.15, 0.2) is 18.2 Å². The van der Waals surface area contributed by atoms with E-state index in [0.29, 0.717) is 6.61 Å². The highest BCUT2D eigenvalue weighted by Crippen LogP contribution is 2.17. The molecule has 76 valence electrons. The van der Waals surface area contributed by atoms with E-state index < -0.39 is 5.91 Å². The van der Waals surface area contributed by atoms with Crippen molar-refractivity contribution in [1.82, 2.24) is 5.48 Å². The minimum atomic E-state index is -0.440. The quantitative estimate of drug-likeness (QED) is 0.716. The summed E-state index contributed by atoms with van der Waals surface area (Å²) in [6.07, 6.45) is 0. The maximum absolute atomic E-state index is 11.3. The van der Waals surface area contributed by atoms with E-state index in [1.807, 2.05) is 6.92 Å². The maximum atomic E-state index is 11.3. The summed E-state index contributed by atoms with van der Waals surface area (Å²) >= 11 is 0. The number of carbonyl (C=O) groups is 1. The highest BCUT2D eigenvalue weighted by Gasteiger charge is 2.10. The van der Waals surface area contributed by atoms with E-state index in [-0.39, 0.29) is 11.3 Å². The van der Waals surface area contributed by atoms with Crippen LogP contribution in [0, 0.1) is 6.92 Å². The molecule has 0 fully saturated rings. The van der Waals surface area contributed by atoms with Gasteiger partial charge in [-0.15, -0.1) is 0 Å². The van der Waals surface area contributed by atoms with Crippen molar-refractivity contribution in [3.63, 3.8) is 0 Å². The molecule has 0 heterocycles. The van der Waals surface area contributed by atoms with Crippen LogP contribution in [0.2, 0.25) is 0 Å². The summed E-state index contributed by atoms with van der Waals surface area (Å²) in [6, 6.07) is 4.83. The van der Waals surface area contributed by atoms with Gasteiger partial charge in [-0.2, -0.15) is 0 Å². The Morgan fingerprint density at radius 1 is 1.57 bits per heavy atom. The minimum Gasteiger partial charge on any atom is -0.507 e. The monoisotopic (exact) mass is 195 g/mol. The molecule has 0 aliphatic carbocycles. The minimum absolute atomic E-state index is 0.0396. The first kappa shape index (κ1) is 10.5. The van der Waals surface area contributed by atoms with Crippen LogP contribution in [0.25, 0.3) is 0 Å². The van der Waals surface area contributed by atoms with Crippen LogP contribution < -0.4 is 5.48 Å². The Balaban J connectivity index is 2.80. The molecule has 0 unspecified atom stereocenters. The van der Waals surface area contributed by atoms with Crippen LogP contribution in [0.3, 0.4) is 0 Å². The highest BCUT2D eigenvalue weighted by molar-refractivity contribution is 5.96. The third-order valence-corrected chi connectivity index (χ3v) is 1.71. The number of hydrogen-bond acceptors (Lipinski definition) is 3. The first-order chi connectivity index (χ1) is 6.65. The van der Waals surface area contributed by atoms with Crippen LogP contribution in [-0.4, -0.2) is 17.6 Å². The van der Waals surface area contributed by atoms with Gasteiger partial charge in [-0.1, -0.05) is 6.07 Å². The molecule has 0 spiro atoms. The van der Waals surface area contributed by atoms with E-state index in [0.717, 1.165) is 5.56 Å². The van der Waals surface area contributed by atoms with Gasteiger partial charge in [-0.05, 0) is 31.5 Å². The number of phenols is 1. The van der Waals surface area contributed by atoms with Crippen LogP contribution >= 0.6 is 0 Å². The summed E-state index contributed by atoms with van der Waals surface area (Å²) in [4.78, 5) is 16.1. The van der Waals surface area contributed by atoms with Crippen molar-refractivity contribution in [1.29, 1.82) is 0 Å². The topological polar surface area (TPSA) is 58.6 Å². The largest absolute Gasteiger partial charge is 0.507 e. The van der Waals surface area contributed by atoms with Crippen molar-refractivity contribution in [3.8, 4) is 5.75 Å². The number of aryl methyl sites for hydroxylation is 1. The van der Waals surface area contributed by atoms with Gasteiger partial charge in [0.2, 0.25) is 0 Å². The van der Waals surface area contributed by atoms with Crippen LogP contribution in [0.1, 0.15) is 22.8 Å². The Hall–Kier alpha value is -1.55. The van der Waals surface area contributed by atoms with Gasteiger partial charge in [0.1, 0.15) is 5.75 Å². The molecule has 4 heteroatoms. The van der Waals surface area contributed by atoms with Gasteiger partial charge in [0.15, 0.2) is 0 Å². The SMILES string of the molecule is CCONC(=O)c1ccc(C)cc1O. The van der Waals surface area contributed by atoms with Gasteiger partial charge in [0.25, 0.3) is 5.91 Å². The lowest BCUT2D eigenvalue weighted by Gasteiger charge is -2.05. The zero-order chi connectivity index (χ0) is 10.6. The molecule has 0 aliphatic rings. The summed E-state index contributed by atoms with van der Waals surface area (Å²) in [6.45, 7) is 3.98. The summed E-state index contributed by atoms with van der Waals surface area (Å²) in [5.74, 6) is -0.480. The molecule has 0 atom stereocenters. The molecule has 1 rings (SSSR count). The molecule has 1 aromatic rings. The van der Waals surface area contributed by atoms with Gasteiger partial charge < -0.3 is 5.11 Å². The second-order valence-corrected chi connectivity index (χ2v) is 2.88. The third-order valence-electron chi connectivity index (χ3n) is 1.71. The van der Waals surface area contributed by atoms with Crippen molar-refractivity contribution in [2.75, 3.05) is 6.61 Å². The lowest BCUT2D eigenvalue weighted by molar-refractivity contribution is 0.0362. The number of nitrogens with one attached hydrogen (secondary N) is 1. The summed E-state index contributed by atoms with van der Waals surface area (Å²) in [5.41, 5.74) is 3.32. The molecular formula is C10H13NO3. The van der Waals surface area contributed by atoms with Crippen LogP contribution in [0.5, 0.6) is 5.75 Å². The molecule has 0 bridgehead atoms. The van der Waals surface area contributed by atoms with Crippen molar-refractivity contribution in [3.05, 3.63) is 29.3 Å². The first-order valence-corrected chi connectivity index (χ1v) is 4.37. The molecule has 0 radical (unpaired) electrons. The van der Waals surface area contributed by atoms with E-state index in [1.165, 1.54) is 6.07 Å². The number of phenolic OH excluding ortho intramolecular Hbond substituents is 1. The number of aromatic hydroxyl groups is 1. The van der Waals surface area contributed by atoms with Gasteiger partial charge >= 0.3 is 0 Å². The molecule has 1 aromatic carbocycles. The molecule has 0 saturated carbocycles. The molecular weight excluding hydrogens is 182 g/mol. The van der Waals surface area contributed by atoms with E-state index in [2.05, 4.69) is 5.48 Å². The predicted molar refractivity (Wildman–Crippen MR) is 51.9 cm³/mol. The van der Waals surface area contributed by atoms with Gasteiger partial charge in [0, 0.05) is 0 Å². The Labute approximate surface area is 82.5 Å². The first-order valence-electron chi connectivity index (χ1n) is 4.37. The zero-order valence-corrected chi connectivity index (χ0v) is 8.20. The summed E-state index contributed by atoms with van der Waals surface area (Å²) in [7, 11) is 0. The number of rotatable bonds is 3. The van der Waals surface area contributed by atoms with E-state index in [4.69, 9.17) is 4.84 Å². The number of amides is 1. The smallest absolute Gasteiger partial charge is 0.278 e. The fraction of sp³-hybridized carbons (Fsp3) is 0.300. The highest BCUT2D eigenvalue weighted by atomic mass is 16.6. The van der Waals surface area contributed by atoms with E-state index in [9.17, 15) is 9.90 Å². The van der Waals surface area contributed by atoms with Gasteiger partial charge in [-0.25, -0.2) is 5.48 Å². The molecule has 2 N–H and O–H groups in total. The Morgan fingerprint density at radius 2 is 2.29 bits per heavy atom. The fourth-order valence-electron chi connectivity index (χ4n) is 1.03. The molecule has 14 heavy (non-hydrogen) atoms. The lowest BCUT2D eigenvalue weighted by atomic mass is 10.1. The van der Waals surface area contributed by atoms with E-state index >= 15 is 0 Å². The molecule has 0 aromatic heterocycles. The second kappa shape index (κ2) is 4.62. The predicted octanol–water partition coefficient (Wildman–Crippen LogP) is 1.38. The van der Waals surface area contributed by atoms with Crippen molar-refractivity contribution < 1.29 is 14.7 Å². The third kappa shape index (κ3) is 2.47. The average molecular weight is 195 g/mol. The Bertz CT molecular complexity index is 336. The normalized spacial score (nSPS) is 9.86. The van der Waals surface area contributed by atoms with Crippen molar-refractivity contribution >= 4 is 5.91 Å². The fourth-order valence-corrected chi connectivity index (χ4v) is 1.03. The number of carbonyl (C=O) groups excluding carboxylic acids is 1. The average Bonchev–Trinajstić information content (AvgIpc) is 2.14. The zero-order valence-electron chi connectivity index (χ0n) is 8.20. The van der Waals surface area contributed by atoms with Crippen LogP contribution in [-0.2, 0) is 4.84 Å². The van der Waals surface area contributed by atoms with Gasteiger partial charge in [0.05, 0.1) is 12.2 Å². The molecule has 0 aliphatic heterocycles. The van der Waals surface area contributed by atoms with Crippen molar-refractivity contribution in [2.24, 2.45) is 0 Å². The Morgan fingerprint density at radius 3 is 2.86 bits per heavy atom. The standard InChI is InChI=1S/C10H13NO3/c1-3-14-11-10(13)8-5-4-7(2)6-9(8)12/h4-6,12H,3H2,1-2H3,(H,11,13). The van der Waals surface area contributed by atoms with Crippen molar-refractivity contribution in [2.45, 2.75) is 13.8 Å². The maximum Gasteiger partial charge on any atom is 0.278 e. The summed E-state index contributed by atoms with van der Waals surface area (Å²) in [5, 5.41) is 9.44. The molecule has 4 nitrogen and oxygen atoms in total. The molecule has 1 amide bonds. The number of hydrogen-bond donors (Lipinski definition) is 2. The molecule has 0 saturated heterocycles. The Kier molecular flexibility index (Phi) is 3.48. The van der Waals surface area contributed by atoms with E-state index in [1.54, 1.807) is 19.1 Å². The second-order valence-electron chi connectivity index (χ2n) is 2.88.